The van der Waals surface area contributed by atoms with E-state index in [2.05, 4.69) is 53.4 Å². The molecular weight excluding hydrogens is 298 g/mol. The van der Waals surface area contributed by atoms with Gasteiger partial charge in [-0.3, -0.25) is 4.79 Å². The Morgan fingerprint density at radius 1 is 1.12 bits per heavy atom. The van der Waals surface area contributed by atoms with Gasteiger partial charge in [0.1, 0.15) is 5.75 Å². The average Bonchev–Trinajstić information content (AvgIpc) is 2.48. The molecule has 0 bridgehead atoms. The monoisotopic (exact) mass is 331 g/mol. The maximum absolute atomic E-state index is 12.0. The van der Waals surface area contributed by atoms with E-state index in [0.717, 1.165) is 36.1 Å². The van der Waals surface area contributed by atoms with Crippen LogP contribution in [0.2, 0.25) is 0 Å². The highest BCUT2D eigenvalue weighted by atomic mass is 16.3. The first-order valence-electron chi connectivity index (χ1n) is 8.81. The van der Waals surface area contributed by atoms with Gasteiger partial charge in [0.15, 0.2) is 0 Å². The topological polar surface area (TPSA) is 49.3 Å². The van der Waals surface area contributed by atoms with E-state index >= 15 is 0 Å². The van der Waals surface area contributed by atoms with Gasteiger partial charge in [-0.05, 0) is 42.7 Å². The summed E-state index contributed by atoms with van der Waals surface area (Å²) in [7, 11) is 0. The smallest absolute Gasteiger partial charge is 0.250 e. The Hall–Kier alpha value is -1.77. The zero-order chi connectivity index (χ0) is 18.7. The second-order valence-electron chi connectivity index (χ2n) is 8.03. The van der Waals surface area contributed by atoms with Gasteiger partial charge in [0.05, 0.1) is 0 Å². The minimum absolute atomic E-state index is 0.165. The molecule has 0 heterocycles. The molecular formula is C21H33NO2. The van der Waals surface area contributed by atoms with Crippen molar-refractivity contribution in [3.05, 3.63) is 35.4 Å². The van der Waals surface area contributed by atoms with E-state index in [1.165, 1.54) is 0 Å². The van der Waals surface area contributed by atoms with E-state index in [9.17, 15) is 9.90 Å². The Kier molecular flexibility index (Phi) is 6.26. The van der Waals surface area contributed by atoms with Crippen molar-refractivity contribution in [1.29, 1.82) is 0 Å². The van der Waals surface area contributed by atoms with Crippen molar-refractivity contribution >= 4 is 11.6 Å². The van der Waals surface area contributed by atoms with Crippen LogP contribution in [0.4, 0.5) is 5.69 Å². The third-order valence-electron chi connectivity index (χ3n) is 4.97. The molecule has 0 aromatic heterocycles. The number of hydrogen-bond acceptors (Lipinski definition) is 2. The third-order valence-corrected chi connectivity index (χ3v) is 4.97. The molecule has 1 aromatic carbocycles. The normalized spacial score (nSPS) is 12.1. The molecule has 1 aromatic rings. The number of anilines is 1. The largest absolute Gasteiger partial charge is 0.507 e. The van der Waals surface area contributed by atoms with E-state index < -0.39 is 0 Å². The van der Waals surface area contributed by atoms with Crippen LogP contribution < -0.4 is 5.32 Å². The van der Waals surface area contributed by atoms with Crippen molar-refractivity contribution in [2.24, 2.45) is 0 Å². The Labute approximate surface area is 147 Å². The first kappa shape index (κ1) is 20.3. The molecule has 134 valence electrons. The van der Waals surface area contributed by atoms with Gasteiger partial charge < -0.3 is 10.4 Å². The molecule has 1 rings (SSSR count). The summed E-state index contributed by atoms with van der Waals surface area (Å²) in [6.07, 6.45) is 2.89. The Balaban J connectivity index is 3.55. The number of benzene rings is 1. The lowest BCUT2D eigenvalue weighted by atomic mass is 9.74. The van der Waals surface area contributed by atoms with Crippen molar-refractivity contribution < 1.29 is 9.90 Å². The molecule has 0 saturated carbocycles. The molecule has 24 heavy (non-hydrogen) atoms. The lowest BCUT2D eigenvalue weighted by Crippen LogP contribution is -2.22. The summed E-state index contributed by atoms with van der Waals surface area (Å²) in [6.45, 7) is 18.1. The lowest BCUT2D eigenvalue weighted by Gasteiger charge is -2.32. The number of nitrogens with one attached hydrogen (secondary N) is 1. The molecule has 0 aliphatic carbocycles. The fourth-order valence-corrected chi connectivity index (χ4v) is 2.93. The second-order valence-corrected chi connectivity index (χ2v) is 8.03. The van der Waals surface area contributed by atoms with Gasteiger partial charge in [-0.15, -0.1) is 0 Å². The molecule has 2 N–H and O–H groups in total. The SMILES string of the molecule is C=C(C)C(=O)Nc1cc(C(C)(C)CC)c(O)c(C(C)(C)CCC)c1. The van der Waals surface area contributed by atoms with Crippen LogP contribution in [0.1, 0.15) is 78.9 Å². The number of rotatable bonds is 7. The Morgan fingerprint density at radius 3 is 2.04 bits per heavy atom. The predicted octanol–water partition coefficient (Wildman–Crippen LogP) is 5.67. The molecule has 0 atom stereocenters. The molecule has 0 fully saturated rings. The first-order valence-corrected chi connectivity index (χ1v) is 8.81. The lowest BCUT2D eigenvalue weighted by molar-refractivity contribution is -0.112. The zero-order valence-corrected chi connectivity index (χ0v) is 16.3. The summed E-state index contributed by atoms with van der Waals surface area (Å²) in [5, 5.41) is 13.9. The standard InChI is InChI=1S/C21H33NO2/c1-9-11-21(7,8)17-13-15(22-19(24)14(3)4)12-16(18(17)23)20(5,6)10-2/h12-13,23H,3,9-11H2,1-2,4-8H3,(H,22,24). The molecule has 0 radical (unpaired) electrons. The molecule has 0 aliphatic heterocycles. The summed E-state index contributed by atoms with van der Waals surface area (Å²) in [5.74, 6) is 0.161. The van der Waals surface area contributed by atoms with Gasteiger partial charge in [-0.25, -0.2) is 0 Å². The van der Waals surface area contributed by atoms with E-state index in [4.69, 9.17) is 0 Å². The van der Waals surface area contributed by atoms with Crippen LogP contribution in [0.15, 0.2) is 24.3 Å². The minimum Gasteiger partial charge on any atom is -0.507 e. The summed E-state index contributed by atoms with van der Waals surface area (Å²) >= 11 is 0. The molecule has 0 unspecified atom stereocenters. The number of phenolic OH excluding ortho intramolecular Hbond substituents is 1. The van der Waals surface area contributed by atoms with Crippen LogP contribution in [0.3, 0.4) is 0 Å². The van der Waals surface area contributed by atoms with Gasteiger partial charge in [0, 0.05) is 22.4 Å². The number of amides is 1. The van der Waals surface area contributed by atoms with Crippen LogP contribution in [0.5, 0.6) is 5.75 Å². The highest BCUT2D eigenvalue weighted by Gasteiger charge is 2.30. The van der Waals surface area contributed by atoms with Crippen molar-refractivity contribution in [3.63, 3.8) is 0 Å². The van der Waals surface area contributed by atoms with Crippen LogP contribution >= 0.6 is 0 Å². The molecule has 1 amide bonds. The van der Waals surface area contributed by atoms with Crippen LogP contribution in [0.25, 0.3) is 0 Å². The van der Waals surface area contributed by atoms with Crippen molar-refractivity contribution in [2.75, 3.05) is 5.32 Å². The van der Waals surface area contributed by atoms with Crippen molar-refractivity contribution in [3.8, 4) is 5.75 Å². The highest BCUT2D eigenvalue weighted by molar-refractivity contribution is 6.03. The second kappa shape index (κ2) is 7.42. The number of phenols is 1. The van der Waals surface area contributed by atoms with Crippen LogP contribution in [-0.4, -0.2) is 11.0 Å². The summed E-state index contributed by atoms with van der Waals surface area (Å²) in [6, 6.07) is 3.80. The molecule has 0 spiro atoms. The summed E-state index contributed by atoms with van der Waals surface area (Å²) < 4.78 is 0. The van der Waals surface area contributed by atoms with Gasteiger partial charge in [0.2, 0.25) is 0 Å². The van der Waals surface area contributed by atoms with Crippen molar-refractivity contribution in [2.45, 2.75) is 78.6 Å². The maximum Gasteiger partial charge on any atom is 0.250 e. The van der Waals surface area contributed by atoms with Gasteiger partial charge in [-0.2, -0.15) is 0 Å². The quantitative estimate of drug-likeness (QED) is 0.499. The van der Waals surface area contributed by atoms with E-state index in [-0.39, 0.29) is 16.7 Å². The summed E-state index contributed by atoms with van der Waals surface area (Å²) in [5.41, 5.74) is 2.61. The van der Waals surface area contributed by atoms with E-state index in [1.54, 1.807) is 6.92 Å². The number of hydrogen-bond donors (Lipinski definition) is 2. The zero-order valence-electron chi connectivity index (χ0n) is 16.3. The van der Waals surface area contributed by atoms with E-state index in [0.29, 0.717) is 11.3 Å². The van der Waals surface area contributed by atoms with Crippen LogP contribution in [0, 0.1) is 0 Å². The van der Waals surface area contributed by atoms with Gasteiger partial charge in [0.25, 0.3) is 5.91 Å². The predicted molar refractivity (Wildman–Crippen MR) is 103 cm³/mol. The third kappa shape index (κ3) is 4.40. The van der Waals surface area contributed by atoms with Gasteiger partial charge >= 0.3 is 0 Å². The maximum atomic E-state index is 12.0. The summed E-state index contributed by atoms with van der Waals surface area (Å²) in [4.78, 5) is 12.0. The Bertz CT molecular complexity index is 627. The fourth-order valence-electron chi connectivity index (χ4n) is 2.93. The van der Waals surface area contributed by atoms with Crippen molar-refractivity contribution in [1.82, 2.24) is 0 Å². The fraction of sp³-hybridized carbons (Fsp3) is 0.571. The van der Waals surface area contributed by atoms with E-state index in [1.807, 2.05) is 12.1 Å². The molecule has 0 saturated heterocycles. The minimum atomic E-state index is -0.194. The first-order chi connectivity index (χ1) is 11.0. The molecule has 3 heteroatoms. The number of carbonyl (C=O) groups is 1. The molecule has 3 nitrogen and oxygen atoms in total. The van der Waals surface area contributed by atoms with Gasteiger partial charge in [-0.1, -0.05) is 54.5 Å². The Morgan fingerprint density at radius 2 is 1.62 bits per heavy atom. The van der Waals surface area contributed by atoms with Crippen LogP contribution in [-0.2, 0) is 15.6 Å². The highest BCUT2D eigenvalue weighted by Crippen LogP contribution is 2.43. The number of aromatic hydroxyl groups is 1. The molecule has 0 aliphatic rings. The average molecular weight is 332 g/mol. The number of carbonyl (C=O) groups excluding carboxylic acids is 1.